The van der Waals surface area contributed by atoms with Crippen LogP contribution in [0.5, 0.6) is 0 Å². The number of nitrogens with one attached hydrogen (secondary N) is 2. The Balaban J connectivity index is 1.77. The molecule has 2 N–H and O–H groups in total. The molecule has 0 aliphatic heterocycles. The molecule has 0 radical (unpaired) electrons. The van der Waals surface area contributed by atoms with E-state index in [1.165, 1.54) is 17.5 Å². The average Bonchev–Trinajstić information content (AvgIpc) is 3.30. The Morgan fingerprint density at radius 3 is 2.47 bits per heavy atom. The number of allylic oxidation sites excluding steroid dienone is 1. The van der Waals surface area contributed by atoms with Crippen molar-refractivity contribution in [3.63, 3.8) is 0 Å². The summed E-state index contributed by atoms with van der Waals surface area (Å²) in [7, 11) is 0. The predicted molar refractivity (Wildman–Crippen MR) is 120 cm³/mol. The molecule has 0 spiro atoms. The number of amides is 2. The second-order valence-electron chi connectivity index (χ2n) is 8.11. The largest absolute Gasteiger partial charge is 0.444 e. The molecule has 1 saturated carbocycles. The van der Waals surface area contributed by atoms with Crippen LogP contribution in [0.15, 0.2) is 30.6 Å². The minimum absolute atomic E-state index is 0.262. The molecule has 0 atom stereocenters. The molecule has 0 unspecified atom stereocenters. The average molecular weight is 449 g/mol. The number of carbonyl (C=O) groups is 2. The zero-order valence-corrected chi connectivity index (χ0v) is 18.8. The number of halogens is 1. The molecule has 0 aromatic carbocycles. The molecule has 2 amide bonds. The van der Waals surface area contributed by atoms with Gasteiger partial charge in [-0.15, -0.1) is 0 Å². The Kier molecular flexibility index (Phi) is 7.10. The van der Waals surface area contributed by atoms with Crippen LogP contribution < -0.4 is 10.6 Å². The van der Waals surface area contributed by atoms with Crippen molar-refractivity contribution in [2.45, 2.75) is 52.1 Å². The first-order valence-electron chi connectivity index (χ1n) is 9.80. The van der Waals surface area contributed by atoms with E-state index in [9.17, 15) is 9.59 Å². The summed E-state index contributed by atoms with van der Waals surface area (Å²) in [5, 5.41) is 5.84. The Morgan fingerprint density at radius 1 is 1.17 bits per heavy atom. The smallest absolute Gasteiger partial charge is 0.413 e. The van der Waals surface area contributed by atoms with Crippen molar-refractivity contribution in [3.8, 4) is 0 Å². The number of ether oxygens (including phenoxy) is 1. The highest BCUT2D eigenvalue weighted by atomic mass is 35.5. The lowest BCUT2D eigenvalue weighted by atomic mass is 9.99. The second kappa shape index (κ2) is 9.57. The van der Waals surface area contributed by atoms with Gasteiger partial charge in [0.15, 0.2) is 5.13 Å². The fourth-order valence-corrected chi connectivity index (χ4v) is 3.98. The first kappa shape index (κ1) is 22.2. The number of carbonyl (C=O) groups excluding carboxylic acids is 2. The van der Waals surface area contributed by atoms with Gasteiger partial charge in [0.05, 0.1) is 6.20 Å². The third-order valence-electron chi connectivity index (χ3n) is 4.45. The summed E-state index contributed by atoms with van der Waals surface area (Å²) < 4.78 is 5.74. The van der Waals surface area contributed by atoms with Crippen LogP contribution >= 0.6 is 22.9 Å². The van der Waals surface area contributed by atoms with Gasteiger partial charge in [-0.2, -0.15) is 0 Å². The van der Waals surface area contributed by atoms with Crippen molar-refractivity contribution in [2.24, 2.45) is 5.92 Å². The van der Waals surface area contributed by atoms with Gasteiger partial charge >= 0.3 is 6.09 Å². The molecule has 2 heterocycles. The monoisotopic (exact) mass is 448 g/mol. The van der Waals surface area contributed by atoms with E-state index in [0.29, 0.717) is 32.3 Å². The van der Waals surface area contributed by atoms with Gasteiger partial charge in [-0.3, -0.25) is 15.4 Å². The van der Waals surface area contributed by atoms with E-state index in [2.05, 4.69) is 20.6 Å². The highest BCUT2D eigenvalue weighted by Gasteiger charge is 2.20. The fraction of sp³-hybridized carbons (Fsp3) is 0.429. The van der Waals surface area contributed by atoms with E-state index in [1.54, 1.807) is 39.1 Å². The minimum Gasteiger partial charge on any atom is -0.444 e. The summed E-state index contributed by atoms with van der Waals surface area (Å²) in [6.45, 7) is 5.37. The zero-order chi connectivity index (χ0) is 21.7. The van der Waals surface area contributed by atoms with Crippen molar-refractivity contribution in [2.75, 3.05) is 10.6 Å². The number of thiazole rings is 1. The zero-order valence-electron chi connectivity index (χ0n) is 17.2. The van der Waals surface area contributed by atoms with Gasteiger partial charge in [-0.05, 0) is 51.7 Å². The third kappa shape index (κ3) is 6.53. The number of aromatic nitrogens is 2. The van der Waals surface area contributed by atoms with Crippen LogP contribution in [0.3, 0.4) is 0 Å². The molecule has 1 fully saturated rings. The lowest BCUT2D eigenvalue weighted by Gasteiger charge is -2.19. The maximum Gasteiger partial charge on any atom is 0.413 e. The van der Waals surface area contributed by atoms with Gasteiger partial charge in [0, 0.05) is 17.3 Å². The van der Waals surface area contributed by atoms with Gasteiger partial charge in [0.25, 0.3) is 5.91 Å². The highest BCUT2D eigenvalue weighted by molar-refractivity contribution is 7.19. The molecule has 0 bridgehead atoms. The number of rotatable bonds is 5. The summed E-state index contributed by atoms with van der Waals surface area (Å²) in [5.74, 6) is 0.438. The van der Waals surface area contributed by atoms with Gasteiger partial charge in [-0.1, -0.05) is 41.9 Å². The number of pyridine rings is 1. The van der Waals surface area contributed by atoms with Crippen LogP contribution in [0, 0.1) is 5.92 Å². The Hall–Kier alpha value is -2.45. The summed E-state index contributed by atoms with van der Waals surface area (Å²) >= 11 is 7.12. The van der Waals surface area contributed by atoms with Crippen LogP contribution in [0.4, 0.5) is 15.7 Å². The number of anilines is 2. The van der Waals surface area contributed by atoms with Crippen LogP contribution in [0.1, 0.15) is 52.0 Å². The van der Waals surface area contributed by atoms with E-state index in [1.807, 2.05) is 6.08 Å². The van der Waals surface area contributed by atoms with Crippen molar-refractivity contribution >= 4 is 51.5 Å². The number of hydrogen-bond acceptors (Lipinski definition) is 6. The lowest BCUT2D eigenvalue weighted by molar-refractivity contribution is -0.111. The van der Waals surface area contributed by atoms with Crippen molar-refractivity contribution in [1.29, 1.82) is 0 Å². The van der Waals surface area contributed by atoms with Gasteiger partial charge < -0.3 is 4.74 Å². The molecule has 2 aromatic heterocycles. The second-order valence-corrected chi connectivity index (χ2v) is 9.77. The molecule has 3 rings (SSSR count). The molecular weight excluding hydrogens is 424 g/mol. The topological polar surface area (TPSA) is 93.2 Å². The van der Waals surface area contributed by atoms with E-state index >= 15 is 0 Å². The SMILES string of the molecule is CC(C)(C)OC(=O)Nc1ccc(C(=CC2CCCC2)C(=O)Nc2ncc(Cl)s2)cn1. The van der Waals surface area contributed by atoms with Crippen LogP contribution in [-0.2, 0) is 9.53 Å². The lowest BCUT2D eigenvalue weighted by Crippen LogP contribution is -2.27. The summed E-state index contributed by atoms with van der Waals surface area (Å²) in [6, 6.07) is 3.41. The van der Waals surface area contributed by atoms with Gasteiger partial charge in [-0.25, -0.2) is 14.8 Å². The fourth-order valence-electron chi connectivity index (χ4n) is 3.17. The van der Waals surface area contributed by atoms with Crippen LogP contribution in [0.2, 0.25) is 4.34 Å². The summed E-state index contributed by atoms with van der Waals surface area (Å²) in [4.78, 5) is 33.2. The van der Waals surface area contributed by atoms with Crippen molar-refractivity contribution in [3.05, 3.63) is 40.5 Å². The van der Waals surface area contributed by atoms with E-state index in [-0.39, 0.29) is 5.91 Å². The molecular formula is C21H25ClN4O3S. The van der Waals surface area contributed by atoms with Gasteiger partial charge in [0.2, 0.25) is 0 Å². The molecule has 2 aromatic rings. The minimum atomic E-state index is -0.599. The van der Waals surface area contributed by atoms with Crippen molar-refractivity contribution in [1.82, 2.24) is 9.97 Å². The van der Waals surface area contributed by atoms with Crippen LogP contribution in [-0.4, -0.2) is 27.6 Å². The molecule has 1 aliphatic carbocycles. The Morgan fingerprint density at radius 2 is 1.90 bits per heavy atom. The Bertz CT molecular complexity index is 928. The first-order chi connectivity index (χ1) is 14.2. The van der Waals surface area contributed by atoms with E-state index < -0.39 is 11.7 Å². The maximum atomic E-state index is 13.0. The van der Waals surface area contributed by atoms with E-state index in [0.717, 1.165) is 25.7 Å². The van der Waals surface area contributed by atoms with Crippen molar-refractivity contribution < 1.29 is 14.3 Å². The molecule has 0 saturated heterocycles. The highest BCUT2D eigenvalue weighted by Crippen LogP contribution is 2.30. The Labute approximate surface area is 184 Å². The molecule has 30 heavy (non-hydrogen) atoms. The molecule has 9 heteroatoms. The molecule has 1 aliphatic rings. The quantitative estimate of drug-likeness (QED) is 0.568. The molecule has 160 valence electrons. The normalized spacial score (nSPS) is 15.1. The maximum absolute atomic E-state index is 13.0. The molecule has 7 nitrogen and oxygen atoms in total. The third-order valence-corrected chi connectivity index (χ3v) is 5.48. The first-order valence-corrected chi connectivity index (χ1v) is 11.0. The number of nitrogens with zero attached hydrogens (tertiary/aromatic N) is 2. The standard InChI is InChI=1S/C21H25ClN4O3S/c1-21(2,3)29-20(28)25-17-9-8-14(11-23-17)15(10-13-6-4-5-7-13)18(27)26-19-24-12-16(22)30-19/h8-13H,4-7H2,1-3H3,(H,23,25,28)(H,24,26,27). The predicted octanol–water partition coefficient (Wildman–Crippen LogP) is 5.75. The van der Waals surface area contributed by atoms with Crippen LogP contribution in [0.25, 0.3) is 5.57 Å². The summed E-state index contributed by atoms with van der Waals surface area (Å²) in [6.07, 6.45) is 8.95. The summed E-state index contributed by atoms with van der Waals surface area (Å²) in [5.41, 5.74) is 0.596. The van der Waals surface area contributed by atoms with Gasteiger partial charge in [0.1, 0.15) is 15.8 Å². The number of hydrogen-bond donors (Lipinski definition) is 2. The van der Waals surface area contributed by atoms with E-state index in [4.69, 9.17) is 16.3 Å².